The van der Waals surface area contributed by atoms with E-state index in [0.717, 1.165) is 6.07 Å². The van der Waals surface area contributed by atoms with Crippen molar-refractivity contribution in [2.75, 3.05) is 11.5 Å². The van der Waals surface area contributed by atoms with Gasteiger partial charge in [-0.05, 0) is 12.1 Å². The molecular formula is C8H7ClN2O4S2. The number of halogens is 1. The Hall–Kier alpha value is -1.17. The first-order valence-electron chi connectivity index (χ1n) is 4.26. The minimum atomic E-state index is -3.88. The summed E-state index contributed by atoms with van der Waals surface area (Å²) in [5, 5.41) is 8.26. The molecule has 0 saturated heterocycles. The monoisotopic (exact) mass is 294 g/mol. The van der Waals surface area contributed by atoms with Crippen LogP contribution in [0.5, 0.6) is 0 Å². The van der Waals surface area contributed by atoms with Crippen molar-refractivity contribution in [3.63, 3.8) is 0 Å². The number of sulfone groups is 1. The van der Waals surface area contributed by atoms with Gasteiger partial charge >= 0.3 is 0 Å². The van der Waals surface area contributed by atoms with Gasteiger partial charge < -0.3 is 0 Å². The van der Waals surface area contributed by atoms with E-state index < -0.39 is 30.4 Å². The molecule has 1 heterocycles. The van der Waals surface area contributed by atoms with Crippen LogP contribution in [0.1, 0.15) is 5.56 Å². The highest BCUT2D eigenvalue weighted by Crippen LogP contribution is 2.11. The van der Waals surface area contributed by atoms with Crippen LogP contribution in [0.3, 0.4) is 0 Å². The van der Waals surface area contributed by atoms with Crippen molar-refractivity contribution < 1.29 is 16.8 Å². The molecule has 92 valence electrons. The van der Waals surface area contributed by atoms with E-state index >= 15 is 0 Å². The minimum absolute atomic E-state index is 0.132. The number of nitrogens with zero attached hydrogens (tertiary/aromatic N) is 2. The summed E-state index contributed by atoms with van der Waals surface area (Å²) in [6.45, 7) is 0. The third-order valence-corrected chi connectivity index (χ3v) is 4.79. The van der Waals surface area contributed by atoms with Crippen molar-refractivity contribution in [3.05, 3.63) is 23.9 Å². The van der Waals surface area contributed by atoms with Gasteiger partial charge in [0.05, 0.1) is 23.1 Å². The van der Waals surface area contributed by atoms with Crippen molar-refractivity contribution in [1.29, 1.82) is 5.26 Å². The maximum Gasteiger partial charge on any atom is 0.233 e. The SMILES string of the molecule is N#Cc1ccnc(S(=O)(=O)CCS(=O)(=O)Cl)c1. The maximum atomic E-state index is 11.7. The third-order valence-electron chi connectivity index (χ3n) is 1.78. The summed E-state index contributed by atoms with van der Waals surface area (Å²) in [6, 6.07) is 4.19. The van der Waals surface area contributed by atoms with Gasteiger partial charge in [0.15, 0.2) is 14.9 Å². The van der Waals surface area contributed by atoms with Gasteiger partial charge in [-0.15, -0.1) is 0 Å². The molecule has 6 nitrogen and oxygen atoms in total. The summed E-state index contributed by atoms with van der Waals surface area (Å²) in [7, 11) is -2.81. The molecule has 0 unspecified atom stereocenters. The molecule has 0 fully saturated rings. The topological polar surface area (TPSA) is 105 Å². The first kappa shape index (κ1) is 13.9. The van der Waals surface area contributed by atoms with Crippen molar-refractivity contribution in [2.24, 2.45) is 0 Å². The van der Waals surface area contributed by atoms with Crippen LogP contribution in [-0.2, 0) is 18.9 Å². The first-order valence-corrected chi connectivity index (χ1v) is 8.39. The van der Waals surface area contributed by atoms with E-state index in [2.05, 4.69) is 4.98 Å². The van der Waals surface area contributed by atoms with E-state index in [-0.39, 0.29) is 10.6 Å². The second-order valence-electron chi connectivity index (χ2n) is 3.06. The molecular weight excluding hydrogens is 288 g/mol. The van der Waals surface area contributed by atoms with E-state index in [1.807, 2.05) is 0 Å². The molecule has 0 aliphatic heterocycles. The Bertz CT molecular complexity index is 661. The van der Waals surface area contributed by atoms with Crippen molar-refractivity contribution in [3.8, 4) is 6.07 Å². The van der Waals surface area contributed by atoms with Crippen LogP contribution < -0.4 is 0 Å². The summed E-state index contributed by atoms with van der Waals surface area (Å²) in [6.07, 6.45) is 1.17. The van der Waals surface area contributed by atoms with Crippen molar-refractivity contribution >= 4 is 29.6 Å². The van der Waals surface area contributed by atoms with E-state index in [0.29, 0.717) is 0 Å². The normalized spacial score (nSPS) is 12.0. The third kappa shape index (κ3) is 4.30. The lowest BCUT2D eigenvalue weighted by atomic mass is 10.3. The molecule has 1 aromatic heterocycles. The molecule has 0 spiro atoms. The van der Waals surface area contributed by atoms with Gasteiger partial charge in [0.1, 0.15) is 0 Å². The Morgan fingerprint density at radius 2 is 1.94 bits per heavy atom. The summed E-state index contributed by atoms with van der Waals surface area (Å²) in [4.78, 5) is 3.58. The second kappa shape index (κ2) is 5.00. The Balaban J connectivity index is 3.02. The Morgan fingerprint density at radius 3 is 2.47 bits per heavy atom. The number of hydrogen-bond donors (Lipinski definition) is 0. The molecule has 0 aliphatic carbocycles. The summed E-state index contributed by atoms with van der Waals surface area (Å²) in [5.41, 5.74) is 0.132. The zero-order valence-corrected chi connectivity index (χ0v) is 10.8. The molecule has 9 heteroatoms. The average molecular weight is 295 g/mol. The van der Waals surface area contributed by atoms with Gasteiger partial charge in [0, 0.05) is 16.9 Å². The average Bonchev–Trinajstić information content (AvgIpc) is 2.26. The zero-order chi connectivity index (χ0) is 13.1. The molecule has 0 atom stereocenters. The predicted octanol–water partition coefficient (Wildman–Crippen LogP) is 0.296. The fourth-order valence-electron chi connectivity index (χ4n) is 0.963. The van der Waals surface area contributed by atoms with E-state index in [9.17, 15) is 16.8 Å². The number of hydrogen-bond acceptors (Lipinski definition) is 6. The molecule has 0 aliphatic rings. The summed E-state index contributed by atoms with van der Waals surface area (Å²) >= 11 is 0. The van der Waals surface area contributed by atoms with Gasteiger partial charge in [-0.1, -0.05) is 0 Å². The van der Waals surface area contributed by atoms with Crippen LogP contribution in [0, 0.1) is 11.3 Å². The summed E-state index contributed by atoms with van der Waals surface area (Å²) < 4.78 is 44.6. The maximum absolute atomic E-state index is 11.7. The predicted molar refractivity (Wildman–Crippen MR) is 60.6 cm³/mol. The molecule has 1 rings (SSSR count). The highest BCUT2D eigenvalue weighted by molar-refractivity contribution is 8.14. The van der Waals surface area contributed by atoms with Gasteiger partial charge in [-0.25, -0.2) is 21.8 Å². The van der Waals surface area contributed by atoms with Gasteiger partial charge in [0.25, 0.3) is 0 Å². The number of rotatable bonds is 4. The van der Waals surface area contributed by atoms with Crippen LogP contribution in [0.25, 0.3) is 0 Å². The number of aromatic nitrogens is 1. The lowest BCUT2D eigenvalue weighted by molar-refractivity contribution is 0.589. The zero-order valence-electron chi connectivity index (χ0n) is 8.37. The largest absolute Gasteiger partial charge is 0.245 e. The molecule has 0 N–H and O–H groups in total. The highest BCUT2D eigenvalue weighted by Gasteiger charge is 2.20. The van der Waals surface area contributed by atoms with Gasteiger partial charge in [0.2, 0.25) is 9.05 Å². The number of pyridine rings is 1. The first-order chi connectivity index (χ1) is 7.74. The quantitative estimate of drug-likeness (QED) is 0.739. The fraction of sp³-hybridized carbons (Fsp3) is 0.250. The molecule has 0 bridgehead atoms. The van der Waals surface area contributed by atoms with E-state index in [1.54, 1.807) is 6.07 Å². The van der Waals surface area contributed by atoms with E-state index in [1.165, 1.54) is 12.3 Å². The Labute approximate surface area is 103 Å². The van der Waals surface area contributed by atoms with Gasteiger partial charge in [-0.2, -0.15) is 5.26 Å². The molecule has 0 aromatic carbocycles. The van der Waals surface area contributed by atoms with Gasteiger partial charge in [-0.3, -0.25) is 0 Å². The Kier molecular flexibility index (Phi) is 4.08. The second-order valence-corrected chi connectivity index (χ2v) is 8.01. The molecule has 0 radical (unpaired) electrons. The van der Waals surface area contributed by atoms with Crippen LogP contribution in [-0.4, -0.2) is 33.3 Å². The van der Waals surface area contributed by atoms with Crippen LogP contribution in [0.4, 0.5) is 0 Å². The van der Waals surface area contributed by atoms with Crippen molar-refractivity contribution in [1.82, 2.24) is 4.98 Å². The van der Waals surface area contributed by atoms with Crippen molar-refractivity contribution in [2.45, 2.75) is 5.03 Å². The standard InChI is InChI=1S/C8H7ClN2O4S2/c9-17(14,15)4-3-16(12,13)8-5-7(6-10)1-2-11-8/h1-2,5H,3-4H2. The molecule has 0 amide bonds. The van der Waals surface area contributed by atoms with E-state index in [4.69, 9.17) is 15.9 Å². The van der Waals surface area contributed by atoms with Crippen LogP contribution >= 0.6 is 10.7 Å². The lowest BCUT2D eigenvalue weighted by Gasteiger charge is -2.01. The smallest absolute Gasteiger partial charge is 0.233 e. The number of nitriles is 1. The summed E-state index contributed by atoms with van der Waals surface area (Å²) in [5.74, 6) is -1.37. The lowest BCUT2D eigenvalue weighted by Crippen LogP contribution is -2.15. The molecule has 17 heavy (non-hydrogen) atoms. The minimum Gasteiger partial charge on any atom is -0.245 e. The van der Waals surface area contributed by atoms with Crippen LogP contribution in [0.2, 0.25) is 0 Å². The molecule has 1 aromatic rings. The fourth-order valence-corrected chi connectivity index (χ4v) is 3.94. The molecule has 0 saturated carbocycles. The Morgan fingerprint density at radius 1 is 1.29 bits per heavy atom. The highest BCUT2D eigenvalue weighted by atomic mass is 35.7. The van der Waals surface area contributed by atoms with Crippen LogP contribution in [0.15, 0.2) is 23.4 Å².